The molecule has 0 saturated carbocycles. The largest absolute Gasteiger partial charge is 0.394 e. The average molecular weight is 276 g/mol. The lowest BCUT2D eigenvalue weighted by Gasteiger charge is -2.30. The van der Waals surface area contributed by atoms with E-state index >= 15 is 0 Å². The number of piperidine rings is 1. The van der Waals surface area contributed by atoms with Crippen LogP contribution >= 0.6 is 0 Å². The first-order valence-electron chi connectivity index (χ1n) is 7.44. The third kappa shape index (κ3) is 3.81. The summed E-state index contributed by atoms with van der Waals surface area (Å²) in [7, 11) is 0. The van der Waals surface area contributed by atoms with Crippen LogP contribution in [0, 0.1) is 5.92 Å². The summed E-state index contributed by atoms with van der Waals surface area (Å²) in [4.78, 5) is 12.3. The number of carbonyl (C=O) groups excluding carboxylic acids is 1. The van der Waals surface area contributed by atoms with E-state index in [1.54, 1.807) is 0 Å². The molecule has 3 atom stereocenters. The lowest BCUT2D eigenvalue weighted by Crippen LogP contribution is -2.49. The first-order chi connectivity index (χ1) is 9.74. The van der Waals surface area contributed by atoms with Crippen molar-refractivity contribution in [2.24, 2.45) is 5.92 Å². The Hall–Kier alpha value is -1.39. The van der Waals surface area contributed by atoms with Crippen LogP contribution in [0.4, 0.5) is 0 Å². The minimum Gasteiger partial charge on any atom is -0.394 e. The van der Waals surface area contributed by atoms with E-state index in [2.05, 4.69) is 17.6 Å². The zero-order valence-corrected chi connectivity index (χ0v) is 12.0. The van der Waals surface area contributed by atoms with Crippen LogP contribution in [0.25, 0.3) is 0 Å². The Morgan fingerprint density at radius 1 is 1.45 bits per heavy atom. The third-order valence-corrected chi connectivity index (χ3v) is 4.11. The van der Waals surface area contributed by atoms with Crippen molar-refractivity contribution in [3.8, 4) is 0 Å². The Morgan fingerprint density at radius 2 is 2.20 bits per heavy atom. The predicted molar refractivity (Wildman–Crippen MR) is 79.2 cm³/mol. The van der Waals surface area contributed by atoms with Crippen LogP contribution in [0.1, 0.15) is 37.8 Å². The molecule has 4 nitrogen and oxygen atoms in total. The predicted octanol–water partition coefficient (Wildman–Crippen LogP) is 1.61. The normalized spacial score (nSPS) is 24.1. The van der Waals surface area contributed by atoms with E-state index in [1.807, 2.05) is 30.3 Å². The van der Waals surface area contributed by atoms with Crippen molar-refractivity contribution in [3.05, 3.63) is 35.9 Å². The van der Waals surface area contributed by atoms with Crippen molar-refractivity contribution in [1.82, 2.24) is 10.6 Å². The molecule has 4 heteroatoms. The molecule has 20 heavy (non-hydrogen) atoms. The molecule has 1 aromatic carbocycles. The molecule has 0 aromatic heterocycles. The number of rotatable bonds is 5. The van der Waals surface area contributed by atoms with Crippen molar-refractivity contribution in [2.45, 2.75) is 38.3 Å². The summed E-state index contributed by atoms with van der Waals surface area (Å²) in [6.45, 7) is 2.98. The Labute approximate surface area is 120 Å². The van der Waals surface area contributed by atoms with Gasteiger partial charge in [0.1, 0.15) is 0 Å². The van der Waals surface area contributed by atoms with E-state index < -0.39 is 0 Å². The number of hydrogen-bond donors (Lipinski definition) is 3. The second-order valence-electron chi connectivity index (χ2n) is 5.46. The van der Waals surface area contributed by atoms with Gasteiger partial charge in [-0.05, 0) is 30.9 Å². The highest BCUT2D eigenvalue weighted by Gasteiger charge is 2.27. The Kier molecular flexibility index (Phi) is 5.56. The lowest BCUT2D eigenvalue weighted by molar-refractivity contribution is -0.125. The molecule has 0 radical (unpaired) electrons. The van der Waals surface area contributed by atoms with Crippen molar-refractivity contribution >= 4 is 5.91 Å². The van der Waals surface area contributed by atoms with E-state index in [9.17, 15) is 9.90 Å². The lowest BCUT2D eigenvalue weighted by atomic mass is 9.90. The minimum atomic E-state index is -0.326. The highest BCUT2D eigenvalue weighted by Crippen LogP contribution is 2.20. The van der Waals surface area contributed by atoms with E-state index in [4.69, 9.17) is 0 Å². The fourth-order valence-electron chi connectivity index (χ4n) is 2.76. The first kappa shape index (κ1) is 15.0. The quantitative estimate of drug-likeness (QED) is 0.766. The summed E-state index contributed by atoms with van der Waals surface area (Å²) >= 11 is 0. The molecule has 3 N–H and O–H groups in total. The summed E-state index contributed by atoms with van der Waals surface area (Å²) in [5.74, 6) is 0.613. The van der Waals surface area contributed by atoms with Gasteiger partial charge in [-0.25, -0.2) is 0 Å². The summed E-state index contributed by atoms with van der Waals surface area (Å²) < 4.78 is 0. The van der Waals surface area contributed by atoms with Crippen molar-refractivity contribution in [1.29, 1.82) is 0 Å². The molecule has 1 aliphatic rings. The second kappa shape index (κ2) is 7.41. The van der Waals surface area contributed by atoms with Crippen molar-refractivity contribution < 1.29 is 9.90 Å². The zero-order valence-electron chi connectivity index (χ0n) is 12.0. The number of carbonyl (C=O) groups is 1. The van der Waals surface area contributed by atoms with Crippen LogP contribution in [0.5, 0.6) is 0 Å². The third-order valence-electron chi connectivity index (χ3n) is 4.11. The highest BCUT2D eigenvalue weighted by atomic mass is 16.3. The standard InChI is InChI=1S/C16H24N2O2/c1-2-12-8-9-17-14(10-12)16(20)18-15(11-19)13-6-4-3-5-7-13/h3-7,12,14-15,17,19H,2,8-11H2,1H3,(H,18,20)/t12?,14?,15-/m1/s1. The van der Waals surface area contributed by atoms with Gasteiger partial charge in [0.15, 0.2) is 0 Å². The Bertz CT molecular complexity index is 422. The Balaban J connectivity index is 1.95. The maximum Gasteiger partial charge on any atom is 0.237 e. The van der Waals surface area contributed by atoms with Crippen LogP contribution in [0.3, 0.4) is 0 Å². The number of amides is 1. The van der Waals surface area contributed by atoms with Gasteiger partial charge < -0.3 is 15.7 Å². The summed E-state index contributed by atoms with van der Waals surface area (Å²) in [5.41, 5.74) is 0.936. The molecule has 1 heterocycles. The van der Waals surface area contributed by atoms with Gasteiger partial charge >= 0.3 is 0 Å². The first-order valence-corrected chi connectivity index (χ1v) is 7.44. The van der Waals surface area contributed by atoms with Gasteiger partial charge in [-0.2, -0.15) is 0 Å². The fourth-order valence-corrected chi connectivity index (χ4v) is 2.76. The molecule has 1 aromatic rings. The number of nitrogens with one attached hydrogen (secondary N) is 2. The number of aliphatic hydroxyl groups is 1. The van der Waals surface area contributed by atoms with Gasteiger partial charge in [-0.3, -0.25) is 4.79 Å². The monoisotopic (exact) mass is 276 g/mol. The van der Waals surface area contributed by atoms with E-state index in [-0.39, 0.29) is 24.6 Å². The van der Waals surface area contributed by atoms with Crippen LogP contribution in [-0.2, 0) is 4.79 Å². The summed E-state index contributed by atoms with van der Waals surface area (Å²) in [5, 5.41) is 15.7. The van der Waals surface area contributed by atoms with E-state index in [0.717, 1.165) is 31.4 Å². The second-order valence-corrected chi connectivity index (χ2v) is 5.46. The number of aliphatic hydroxyl groups excluding tert-OH is 1. The van der Waals surface area contributed by atoms with Gasteiger partial charge in [0.25, 0.3) is 0 Å². The van der Waals surface area contributed by atoms with E-state index in [0.29, 0.717) is 5.92 Å². The zero-order chi connectivity index (χ0) is 14.4. The van der Waals surface area contributed by atoms with Crippen LogP contribution < -0.4 is 10.6 Å². The molecular formula is C16H24N2O2. The number of benzene rings is 1. The molecule has 1 amide bonds. The van der Waals surface area contributed by atoms with Gasteiger partial charge in [0.05, 0.1) is 18.7 Å². The van der Waals surface area contributed by atoms with Crippen LogP contribution in [0.2, 0.25) is 0 Å². The van der Waals surface area contributed by atoms with Crippen LogP contribution in [0.15, 0.2) is 30.3 Å². The van der Waals surface area contributed by atoms with E-state index in [1.165, 1.54) is 0 Å². The maximum absolute atomic E-state index is 12.3. The Morgan fingerprint density at radius 3 is 2.85 bits per heavy atom. The van der Waals surface area contributed by atoms with Gasteiger partial charge in [-0.15, -0.1) is 0 Å². The molecule has 1 aliphatic heterocycles. The minimum absolute atomic E-state index is 0.00828. The van der Waals surface area contributed by atoms with Crippen molar-refractivity contribution in [2.75, 3.05) is 13.2 Å². The molecule has 1 fully saturated rings. The maximum atomic E-state index is 12.3. The van der Waals surface area contributed by atoms with Crippen LogP contribution in [-0.4, -0.2) is 30.2 Å². The van der Waals surface area contributed by atoms with Crippen molar-refractivity contribution in [3.63, 3.8) is 0 Å². The SMILES string of the molecule is CCC1CCNC(C(=O)N[C@H](CO)c2ccccc2)C1. The molecule has 0 bridgehead atoms. The smallest absolute Gasteiger partial charge is 0.237 e. The molecule has 0 aliphatic carbocycles. The summed E-state index contributed by atoms with van der Waals surface area (Å²) in [6, 6.07) is 9.13. The molecular weight excluding hydrogens is 252 g/mol. The van der Waals surface area contributed by atoms with Gasteiger partial charge in [0, 0.05) is 0 Å². The summed E-state index contributed by atoms with van der Waals surface area (Å²) in [6.07, 6.45) is 3.14. The molecule has 1 saturated heterocycles. The molecule has 2 rings (SSSR count). The highest BCUT2D eigenvalue weighted by molar-refractivity contribution is 5.82. The molecule has 110 valence electrons. The molecule has 0 spiro atoms. The van der Waals surface area contributed by atoms with Gasteiger partial charge in [0.2, 0.25) is 5.91 Å². The fraction of sp³-hybridized carbons (Fsp3) is 0.562. The number of hydrogen-bond acceptors (Lipinski definition) is 3. The molecule has 2 unspecified atom stereocenters. The average Bonchev–Trinajstić information content (AvgIpc) is 2.53. The topological polar surface area (TPSA) is 61.4 Å². The van der Waals surface area contributed by atoms with Gasteiger partial charge in [-0.1, -0.05) is 43.7 Å².